The summed E-state index contributed by atoms with van der Waals surface area (Å²) >= 11 is 0. The Balaban J connectivity index is 1.59. The molecule has 0 saturated carbocycles. The lowest BCUT2D eigenvalue weighted by molar-refractivity contribution is -0.139. The molecule has 154 valence electrons. The first-order valence-corrected chi connectivity index (χ1v) is 9.90. The molecule has 0 heterocycles. The Hall–Kier alpha value is -3.67. The fraction of sp³-hybridized carbons (Fsp3) is 0.208. The summed E-state index contributed by atoms with van der Waals surface area (Å²) < 4.78 is 5.95. The molecule has 0 radical (unpaired) electrons. The van der Waals surface area contributed by atoms with Crippen molar-refractivity contribution in [1.82, 2.24) is 10.7 Å². The normalized spacial score (nSPS) is 11.9. The van der Waals surface area contributed by atoms with Crippen LogP contribution in [0.5, 0.6) is 5.75 Å². The average molecular weight is 403 g/mol. The van der Waals surface area contributed by atoms with Crippen LogP contribution in [0.4, 0.5) is 0 Å². The van der Waals surface area contributed by atoms with Crippen molar-refractivity contribution in [2.75, 3.05) is 0 Å². The fourth-order valence-corrected chi connectivity index (χ4v) is 2.87. The maximum absolute atomic E-state index is 11.8. The van der Waals surface area contributed by atoms with Crippen molar-refractivity contribution in [3.05, 3.63) is 77.9 Å². The monoisotopic (exact) mass is 403 g/mol. The second-order valence-electron chi connectivity index (χ2n) is 6.98. The van der Waals surface area contributed by atoms with E-state index in [1.54, 1.807) is 0 Å². The van der Waals surface area contributed by atoms with Gasteiger partial charge in [0.2, 0.25) is 0 Å². The topological polar surface area (TPSA) is 79.8 Å². The molecule has 1 atom stereocenters. The van der Waals surface area contributed by atoms with Crippen molar-refractivity contribution in [3.8, 4) is 5.75 Å². The van der Waals surface area contributed by atoms with Gasteiger partial charge < -0.3 is 10.1 Å². The molecule has 0 spiro atoms. The number of carbonyl (C=O) groups is 2. The maximum atomic E-state index is 11.8. The van der Waals surface area contributed by atoms with Gasteiger partial charge in [0.25, 0.3) is 0 Å². The Morgan fingerprint density at radius 1 is 1.03 bits per heavy atom. The summed E-state index contributed by atoms with van der Waals surface area (Å²) in [5.74, 6) is -0.809. The van der Waals surface area contributed by atoms with Crippen LogP contribution >= 0.6 is 0 Å². The highest BCUT2D eigenvalue weighted by Gasteiger charge is 2.14. The van der Waals surface area contributed by atoms with Gasteiger partial charge in [-0.2, -0.15) is 5.10 Å². The number of carbonyl (C=O) groups excluding carboxylic acids is 2. The number of ether oxygens (including phenoxy) is 1. The van der Waals surface area contributed by atoms with Crippen LogP contribution in [-0.4, -0.2) is 24.1 Å². The van der Waals surface area contributed by atoms with Gasteiger partial charge in [0.15, 0.2) is 0 Å². The van der Waals surface area contributed by atoms with E-state index in [1.807, 2.05) is 62.4 Å². The molecule has 0 bridgehead atoms. The number of nitrogens with zero attached hydrogens (tertiary/aromatic N) is 1. The Morgan fingerprint density at radius 2 is 1.80 bits per heavy atom. The SMILES string of the molecule is CC[C@@H](C)NC(=O)C(=O)N/N=C\c1cccc(OCc2cccc3ccccc23)c1. The predicted molar refractivity (Wildman–Crippen MR) is 118 cm³/mol. The molecule has 3 rings (SSSR count). The van der Waals surface area contributed by atoms with Crippen molar-refractivity contribution in [2.24, 2.45) is 5.10 Å². The largest absolute Gasteiger partial charge is 0.489 e. The van der Waals surface area contributed by atoms with Gasteiger partial charge in [-0.3, -0.25) is 9.59 Å². The molecule has 3 aromatic rings. The molecular formula is C24H25N3O3. The van der Waals surface area contributed by atoms with E-state index in [2.05, 4.69) is 34.0 Å². The van der Waals surface area contributed by atoms with E-state index in [9.17, 15) is 9.59 Å². The van der Waals surface area contributed by atoms with Crippen molar-refractivity contribution >= 4 is 28.8 Å². The van der Waals surface area contributed by atoms with E-state index in [-0.39, 0.29) is 6.04 Å². The van der Waals surface area contributed by atoms with E-state index in [1.165, 1.54) is 11.6 Å². The number of rotatable bonds is 7. The number of fused-ring (bicyclic) bond motifs is 1. The third-order valence-corrected chi connectivity index (χ3v) is 4.71. The quantitative estimate of drug-likeness (QED) is 0.358. The van der Waals surface area contributed by atoms with Gasteiger partial charge in [0.05, 0.1) is 6.21 Å². The molecule has 0 fully saturated rings. The third-order valence-electron chi connectivity index (χ3n) is 4.71. The van der Waals surface area contributed by atoms with Crippen molar-refractivity contribution in [2.45, 2.75) is 32.9 Å². The van der Waals surface area contributed by atoms with E-state index in [4.69, 9.17) is 4.74 Å². The molecule has 6 nitrogen and oxygen atoms in total. The maximum Gasteiger partial charge on any atom is 0.329 e. The summed E-state index contributed by atoms with van der Waals surface area (Å²) in [5, 5.41) is 8.78. The van der Waals surface area contributed by atoms with Gasteiger partial charge in [-0.25, -0.2) is 5.43 Å². The zero-order valence-electron chi connectivity index (χ0n) is 17.1. The second-order valence-corrected chi connectivity index (χ2v) is 6.98. The first kappa shape index (κ1) is 21.0. The summed E-state index contributed by atoms with van der Waals surface area (Å²) in [6.45, 7) is 4.20. The third kappa shape index (κ3) is 5.67. The van der Waals surface area contributed by atoms with Crippen LogP contribution in [0.15, 0.2) is 71.8 Å². The molecule has 0 aliphatic carbocycles. The van der Waals surface area contributed by atoms with Gasteiger partial charge in [-0.05, 0) is 47.4 Å². The minimum absolute atomic E-state index is 0.0669. The summed E-state index contributed by atoms with van der Waals surface area (Å²) in [5.41, 5.74) is 4.08. The van der Waals surface area contributed by atoms with Crippen LogP contribution in [0.1, 0.15) is 31.4 Å². The Bertz CT molecular complexity index is 1060. The zero-order valence-corrected chi connectivity index (χ0v) is 17.1. The van der Waals surface area contributed by atoms with Gasteiger partial charge in [-0.1, -0.05) is 61.5 Å². The van der Waals surface area contributed by atoms with Crippen LogP contribution in [0, 0.1) is 0 Å². The van der Waals surface area contributed by atoms with E-state index in [0.29, 0.717) is 12.4 Å². The lowest BCUT2D eigenvalue weighted by atomic mass is 10.1. The summed E-state index contributed by atoms with van der Waals surface area (Å²) in [7, 11) is 0. The van der Waals surface area contributed by atoms with Crippen LogP contribution in [-0.2, 0) is 16.2 Å². The highest BCUT2D eigenvalue weighted by Crippen LogP contribution is 2.21. The number of nitrogens with one attached hydrogen (secondary N) is 2. The molecule has 30 heavy (non-hydrogen) atoms. The van der Waals surface area contributed by atoms with Crippen LogP contribution < -0.4 is 15.5 Å². The standard InChI is InChI=1S/C24H25N3O3/c1-3-17(2)26-23(28)24(29)27-25-15-18-8-6-12-21(14-18)30-16-20-11-7-10-19-9-4-5-13-22(19)20/h4-15,17H,3,16H2,1-2H3,(H,26,28)(H,27,29)/b25-15-/t17-/m1/s1. The lowest BCUT2D eigenvalue weighted by Crippen LogP contribution is -2.41. The number of benzene rings is 3. The Kier molecular flexibility index (Phi) is 7.16. The first-order valence-electron chi connectivity index (χ1n) is 9.90. The Labute approximate surface area is 175 Å². The summed E-state index contributed by atoms with van der Waals surface area (Å²) in [6.07, 6.45) is 2.22. The molecular weight excluding hydrogens is 378 g/mol. The van der Waals surface area contributed by atoms with Crippen LogP contribution in [0.25, 0.3) is 10.8 Å². The molecule has 2 N–H and O–H groups in total. The highest BCUT2D eigenvalue weighted by molar-refractivity contribution is 6.35. The smallest absolute Gasteiger partial charge is 0.329 e. The highest BCUT2D eigenvalue weighted by atomic mass is 16.5. The molecule has 6 heteroatoms. The number of hydrogen-bond acceptors (Lipinski definition) is 4. The molecule has 0 saturated heterocycles. The van der Waals surface area contributed by atoms with Gasteiger partial charge in [0, 0.05) is 6.04 Å². The zero-order chi connectivity index (χ0) is 21.3. The van der Waals surface area contributed by atoms with Gasteiger partial charge in [0.1, 0.15) is 12.4 Å². The molecule has 0 unspecified atom stereocenters. The molecule has 0 aliphatic heterocycles. The predicted octanol–water partition coefficient (Wildman–Crippen LogP) is 3.78. The van der Waals surface area contributed by atoms with Crippen LogP contribution in [0.2, 0.25) is 0 Å². The molecule has 0 aliphatic rings. The van der Waals surface area contributed by atoms with E-state index >= 15 is 0 Å². The average Bonchev–Trinajstić information content (AvgIpc) is 2.77. The summed E-state index contributed by atoms with van der Waals surface area (Å²) in [6, 6.07) is 21.6. The van der Waals surface area contributed by atoms with Crippen molar-refractivity contribution in [1.29, 1.82) is 0 Å². The Morgan fingerprint density at radius 3 is 2.63 bits per heavy atom. The van der Waals surface area contributed by atoms with Crippen molar-refractivity contribution in [3.63, 3.8) is 0 Å². The number of amides is 2. The van der Waals surface area contributed by atoms with Crippen molar-refractivity contribution < 1.29 is 14.3 Å². The number of hydrazone groups is 1. The first-order chi connectivity index (χ1) is 14.6. The van der Waals surface area contributed by atoms with E-state index < -0.39 is 11.8 Å². The lowest BCUT2D eigenvalue weighted by Gasteiger charge is -2.10. The van der Waals surface area contributed by atoms with Gasteiger partial charge >= 0.3 is 11.8 Å². The minimum atomic E-state index is -0.796. The number of hydrogen-bond donors (Lipinski definition) is 2. The fourth-order valence-electron chi connectivity index (χ4n) is 2.87. The van der Waals surface area contributed by atoms with Crippen LogP contribution in [0.3, 0.4) is 0 Å². The molecule has 2 amide bonds. The van der Waals surface area contributed by atoms with E-state index in [0.717, 1.165) is 22.9 Å². The molecule has 3 aromatic carbocycles. The van der Waals surface area contributed by atoms with Gasteiger partial charge in [-0.15, -0.1) is 0 Å². The molecule has 0 aromatic heterocycles. The summed E-state index contributed by atoms with van der Waals surface area (Å²) in [4.78, 5) is 23.5. The second kappa shape index (κ2) is 10.2. The minimum Gasteiger partial charge on any atom is -0.489 e.